The number of piperidine rings is 1. The first-order chi connectivity index (χ1) is 10.7. The van der Waals surface area contributed by atoms with E-state index in [0.717, 1.165) is 30.7 Å². The van der Waals surface area contributed by atoms with Crippen molar-refractivity contribution in [3.8, 4) is 5.75 Å². The van der Waals surface area contributed by atoms with E-state index in [9.17, 15) is 10.2 Å². The van der Waals surface area contributed by atoms with E-state index >= 15 is 0 Å². The Balaban J connectivity index is 1.84. The van der Waals surface area contributed by atoms with Gasteiger partial charge in [0.2, 0.25) is 0 Å². The highest BCUT2D eigenvalue weighted by atomic mass is 16.5. The van der Waals surface area contributed by atoms with Crippen molar-refractivity contribution in [1.82, 2.24) is 4.90 Å². The number of ether oxygens (including phenoxy) is 1. The summed E-state index contributed by atoms with van der Waals surface area (Å²) in [5.74, 6) is 0.847. The van der Waals surface area contributed by atoms with Crippen LogP contribution in [0, 0.1) is 0 Å². The van der Waals surface area contributed by atoms with Gasteiger partial charge < -0.3 is 14.9 Å². The number of rotatable bonds is 1. The maximum Gasteiger partial charge on any atom is 0.138 e. The van der Waals surface area contributed by atoms with Gasteiger partial charge in [0, 0.05) is 17.2 Å². The Morgan fingerprint density at radius 2 is 2.27 bits per heavy atom. The number of likely N-dealkylation sites (N-methyl/N-ethyl adjacent to an activating group) is 1. The highest BCUT2D eigenvalue weighted by Crippen LogP contribution is 2.60. The topological polar surface area (TPSA) is 52.9 Å². The predicted molar refractivity (Wildman–Crippen MR) is 81.9 cm³/mol. The molecule has 0 amide bonds. The smallest absolute Gasteiger partial charge is 0.138 e. The minimum Gasteiger partial charge on any atom is -0.486 e. The fourth-order valence-electron chi connectivity index (χ4n) is 5.29. The molecule has 1 spiro atoms. The minimum absolute atomic E-state index is 0.0100. The first-order valence-corrected chi connectivity index (χ1v) is 8.18. The Bertz CT molecular complexity index is 698. The van der Waals surface area contributed by atoms with Gasteiger partial charge in [-0.05, 0) is 44.0 Å². The molecule has 2 heterocycles. The summed E-state index contributed by atoms with van der Waals surface area (Å²) in [4.78, 5) is 2.44. The second-order valence-corrected chi connectivity index (χ2v) is 7.17. The lowest BCUT2D eigenvalue weighted by Gasteiger charge is -2.54. The van der Waals surface area contributed by atoms with Crippen LogP contribution in [-0.2, 0) is 18.4 Å². The van der Waals surface area contributed by atoms with Crippen molar-refractivity contribution in [3.63, 3.8) is 0 Å². The molecule has 4 aliphatic rings. The number of benzene rings is 1. The third kappa shape index (κ3) is 1.31. The van der Waals surface area contributed by atoms with E-state index in [4.69, 9.17) is 4.74 Å². The molecule has 0 unspecified atom stereocenters. The molecule has 116 valence electrons. The van der Waals surface area contributed by atoms with E-state index in [2.05, 4.69) is 24.1 Å². The summed E-state index contributed by atoms with van der Waals surface area (Å²) in [5, 5.41) is 20.3. The predicted octanol–water partition coefficient (Wildman–Crippen LogP) is 1.13. The molecule has 0 radical (unpaired) electrons. The molecule has 1 aromatic carbocycles. The van der Waals surface area contributed by atoms with E-state index in [1.165, 1.54) is 16.7 Å². The van der Waals surface area contributed by atoms with Crippen molar-refractivity contribution in [2.24, 2.45) is 0 Å². The van der Waals surface area contributed by atoms with Crippen LogP contribution in [0.1, 0.15) is 29.5 Å². The first kappa shape index (κ1) is 13.1. The number of hydrogen-bond acceptors (Lipinski definition) is 4. The molecule has 4 heteroatoms. The number of hydrogen-bond donors (Lipinski definition) is 2. The average molecular weight is 299 g/mol. The zero-order chi connectivity index (χ0) is 15.1. The standard InChI is InChI=1S/C18H21NO3/c1-19-7-6-18-12-4-5-14(21)17(18)22-16-11(9-20)3-2-10(15(16)18)8-13(12)19/h2-4,13-14,17,20-21H,5-9H2,1H3/t13-,14+,17+,18+/m1/s1. The van der Waals surface area contributed by atoms with Gasteiger partial charge in [0.05, 0.1) is 18.1 Å². The zero-order valence-corrected chi connectivity index (χ0v) is 12.7. The monoisotopic (exact) mass is 299 g/mol. The fraction of sp³-hybridized carbons (Fsp3) is 0.556. The van der Waals surface area contributed by atoms with Gasteiger partial charge in [-0.25, -0.2) is 0 Å². The summed E-state index contributed by atoms with van der Waals surface area (Å²) in [5.41, 5.74) is 4.73. The summed E-state index contributed by atoms with van der Waals surface area (Å²) < 4.78 is 6.28. The second kappa shape index (κ2) is 4.13. The van der Waals surface area contributed by atoms with Crippen LogP contribution in [0.25, 0.3) is 0 Å². The molecule has 22 heavy (non-hydrogen) atoms. The lowest BCUT2D eigenvalue weighted by atomic mass is 9.56. The van der Waals surface area contributed by atoms with Crippen LogP contribution < -0.4 is 4.74 Å². The highest BCUT2D eigenvalue weighted by Gasteiger charge is 2.62. The third-order valence-corrected chi connectivity index (χ3v) is 6.28. The zero-order valence-electron chi connectivity index (χ0n) is 12.7. The van der Waals surface area contributed by atoms with Crippen LogP contribution in [-0.4, -0.2) is 47.0 Å². The number of likely N-dealkylation sites (tertiary alicyclic amines) is 1. The fourth-order valence-corrected chi connectivity index (χ4v) is 5.29. The Labute approximate surface area is 130 Å². The molecular formula is C18H21NO3. The summed E-state index contributed by atoms with van der Waals surface area (Å²) in [6.45, 7) is 1.01. The van der Waals surface area contributed by atoms with Gasteiger partial charge in [-0.2, -0.15) is 0 Å². The molecule has 4 nitrogen and oxygen atoms in total. The Hall–Kier alpha value is -1.36. The SMILES string of the molecule is CN1CC[C@@]23C4=CC[C@H](O)[C@@H]2Oc2c(CO)ccc(c23)C[C@H]41. The van der Waals surface area contributed by atoms with Gasteiger partial charge in [0.15, 0.2) is 0 Å². The van der Waals surface area contributed by atoms with Gasteiger partial charge in [0.25, 0.3) is 0 Å². The maximum absolute atomic E-state index is 10.6. The largest absolute Gasteiger partial charge is 0.486 e. The van der Waals surface area contributed by atoms with Gasteiger partial charge in [-0.15, -0.1) is 0 Å². The van der Waals surface area contributed by atoms with Crippen molar-refractivity contribution in [2.75, 3.05) is 13.6 Å². The summed E-state index contributed by atoms with van der Waals surface area (Å²) >= 11 is 0. The molecule has 2 N–H and O–H groups in total. The Morgan fingerprint density at radius 3 is 3.09 bits per heavy atom. The van der Waals surface area contributed by atoms with E-state index in [1.807, 2.05) is 6.07 Å². The quantitative estimate of drug-likeness (QED) is 0.763. The van der Waals surface area contributed by atoms with Crippen LogP contribution in [0.5, 0.6) is 5.75 Å². The van der Waals surface area contributed by atoms with Crippen molar-refractivity contribution >= 4 is 0 Å². The Kier molecular flexibility index (Phi) is 2.46. The Morgan fingerprint density at radius 1 is 1.41 bits per heavy atom. The summed E-state index contributed by atoms with van der Waals surface area (Å²) in [6, 6.07) is 4.56. The maximum atomic E-state index is 10.6. The molecule has 2 aliphatic carbocycles. The lowest BCUT2D eigenvalue weighted by molar-refractivity contribution is -0.0123. The van der Waals surface area contributed by atoms with Gasteiger partial charge in [-0.1, -0.05) is 18.2 Å². The van der Waals surface area contributed by atoms with Crippen molar-refractivity contribution < 1.29 is 14.9 Å². The second-order valence-electron chi connectivity index (χ2n) is 7.17. The average Bonchev–Trinajstić information content (AvgIpc) is 2.88. The molecule has 2 bridgehead atoms. The number of aliphatic hydroxyl groups excluding tert-OH is 2. The number of aliphatic hydroxyl groups is 2. The van der Waals surface area contributed by atoms with Gasteiger partial charge in [0.1, 0.15) is 11.9 Å². The van der Waals surface area contributed by atoms with E-state index in [-0.39, 0.29) is 18.1 Å². The molecule has 4 atom stereocenters. The highest BCUT2D eigenvalue weighted by molar-refractivity contribution is 5.64. The van der Waals surface area contributed by atoms with E-state index < -0.39 is 6.10 Å². The van der Waals surface area contributed by atoms with Crippen molar-refractivity contribution in [2.45, 2.75) is 49.5 Å². The molecule has 0 aromatic heterocycles. The van der Waals surface area contributed by atoms with Crippen molar-refractivity contribution in [1.29, 1.82) is 0 Å². The molecule has 2 aliphatic heterocycles. The third-order valence-electron chi connectivity index (χ3n) is 6.28. The molecule has 5 rings (SSSR count). The summed E-state index contributed by atoms with van der Waals surface area (Å²) in [6.07, 6.45) is 4.27. The van der Waals surface area contributed by atoms with Crippen molar-refractivity contribution in [3.05, 3.63) is 40.5 Å². The van der Waals surface area contributed by atoms with Crippen LogP contribution >= 0.6 is 0 Å². The van der Waals surface area contributed by atoms with Gasteiger partial charge >= 0.3 is 0 Å². The van der Waals surface area contributed by atoms with Crippen LogP contribution in [0.15, 0.2) is 23.8 Å². The van der Waals surface area contributed by atoms with E-state index in [1.54, 1.807) is 0 Å². The lowest BCUT2D eigenvalue weighted by Crippen LogP contribution is -2.61. The van der Waals surface area contributed by atoms with Crippen LogP contribution in [0.3, 0.4) is 0 Å². The molecule has 1 saturated heterocycles. The first-order valence-electron chi connectivity index (χ1n) is 8.18. The summed E-state index contributed by atoms with van der Waals surface area (Å²) in [7, 11) is 2.20. The molecule has 1 aromatic rings. The van der Waals surface area contributed by atoms with Gasteiger partial charge in [-0.3, -0.25) is 4.90 Å². The molecular weight excluding hydrogens is 278 g/mol. The van der Waals surface area contributed by atoms with Crippen LogP contribution in [0.4, 0.5) is 0 Å². The molecule has 0 saturated carbocycles. The normalized spacial score (nSPS) is 38.3. The minimum atomic E-state index is -0.460. The number of nitrogens with zero attached hydrogens (tertiary/aromatic N) is 1. The molecule has 1 fully saturated rings. The van der Waals surface area contributed by atoms with Crippen LogP contribution in [0.2, 0.25) is 0 Å². The van der Waals surface area contributed by atoms with E-state index in [0.29, 0.717) is 12.5 Å².